The maximum atomic E-state index is 13.1. The summed E-state index contributed by atoms with van der Waals surface area (Å²) >= 11 is 0.592. The van der Waals surface area contributed by atoms with Gasteiger partial charge in [0.2, 0.25) is 15.8 Å². The minimum absolute atomic E-state index is 0.0118. The Morgan fingerprint density at radius 2 is 1.45 bits per heavy atom. The summed E-state index contributed by atoms with van der Waals surface area (Å²) in [7, 11) is -3.93. The van der Waals surface area contributed by atoms with E-state index in [1.165, 1.54) is 24.3 Å². The van der Waals surface area contributed by atoms with Crippen LogP contribution in [0, 0.1) is 0 Å². The van der Waals surface area contributed by atoms with E-state index < -0.39 is 50.7 Å². The molecule has 0 unspecified atom stereocenters. The maximum absolute atomic E-state index is 13.1. The number of hydrogen-bond donors (Lipinski definition) is 3. The number of halogens is 6. The van der Waals surface area contributed by atoms with E-state index >= 15 is 0 Å². The lowest BCUT2D eigenvalue weighted by molar-refractivity contribution is -0.143. The van der Waals surface area contributed by atoms with Crippen molar-refractivity contribution in [1.29, 1.82) is 0 Å². The molecule has 0 saturated carbocycles. The van der Waals surface area contributed by atoms with E-state index in [0.717, 1.165) is 0 Å². The molecule has 1 aromatic heterocycles. The van der Waals surface area contributed by atoms with Gasteiger partial charge < -0.3 is 11.1 Å². The van der Waals surface area contributed by atoms with Gasteiger partial charge in [-0.25, -0.2) is 18.5 Å². The fraction of sp³-hybridized carbons (Fsp3) is 0.111. The number of carbonyl (C=O) groups is 1. The van der Waals surface area contributed by atoms with Crippen molar-refractivity contribution in [2.45, 2.75) is 17.2 Å². The summed E-state index contributed by atoms with van der Waals surface area (Å²) in [5, 5.41) is 7.68. The Morgan fingerprint density at radius 1 is 0.939 bits per heavy atom. The quantitative estimate of drug-likeness (QED) is 0.345. The highest BCUT2D eigenvalue weighted by Crippen LogP contribution is 2.38. The second kappa shape index (κ2) is 8.31. The largest absolute Gasteiger partial charge is 0.416 e. The standard InChI is InChI=1S/C18H12F6N4O3S2/c19-17(20,21)9-5-8(6-10(7-9)18(22,23)24)13(29)14-15(25)28-16(32-14)27-11-1-3-12(4-2-11)33(26,30)31/h1-7H,25H2,(H,27,28)(H2,26,30,31). The first-order valence-corrected chi connectivity index (χ1v) is 10.9. The molecule has 0 aliphatic carbocycles. The summed E-state index contributed by atoms with van der Waals surface area (Å²) in [5.74, 6) is -1.60. The lowest BCUT2D eigenvalue weighted by Gasteiger charge is -2.13. The Balaban J connectivity index is 1.94. The number of carbonyl (C=O) groups excluding carboxylic acids is 1. The van der Waals surface area contributed by atoms with Crippen LogP contribution < -0.4 is 16.2 Å². The molecule has 0 saturated heterocycles. The predicted octanol–water partition coefficient (Wildman–Crippen LogP) is 4.38. The highest BCUT2D eigenvalue weighted by Gasteiger charge is 2.38. The van der Waals surface area contributed by atoms with E-state index in [1.54, 1.807) is 0 Å². The van der Waals surface area contributed by atoms with Crippen molar-refractivity contribution < 1.29 is 39.6 Å². The van der Waals surface area contributed by atoms with Gasteiger partial charge in [-0.05, 0) is 42.5 Å². The summed E-state index contributed by atoms with van der Waals surface area (Å²) in [6.07, 6.45) is -10.2. The number of anilines is 3. The SMILES string of the molecule is Nc1nc(Nc2ccc(S(N)(=O)=O)cc2)sc1C(=O)c1cc(C(F)(F)F)cc(C(F)(F)F)c1. The maximum Gasteiger partial charge on any atom is 0.416 e. The second-order valence-electron chi connectivity index (χ2n) is 6.55. The van der Waals surface area contributed by atoms with Crippen molar-refractivity contribution in [2.75, 3.05) is 11.1 Å². The molecule has 0 aliphatic heterocycles. The first-order chi connectivity index (χ1) is 15.1. The van der Waals surface area contributed by atoms with Crippen molar-refractivity contribution >= 4 is 43.8 Å². The molecule has 0 atom stereocenters. The highest BCUT2D eigenvalue weighted by atomic mass is 32.2. The van der Waals surface area contributed by atoms with Gasteiger partial charge in [0.1, 0.15) is 10.7 Å². The number of nitrogens with zero attached hydrogens (tertiary/aromatic N) is 1. The van der Waals surface area contributed by atoms with Crippen LogP contribution in [0.25, 0.3) is 0 Å². The number of sulfonamides is 1. The number of hydrogen-bond acceptors (Lipinski definition) is 7. The van der Waals surface area contributed by atoms with Gasteiger partial charge in [-0.15, -0.1) is 0 Å². The smallest absolute Gasteiger partial charge is 0.382 e. The number of nitrogen functional groups attached to an aromatic ring is 1. The Hall–Kier alpha value is -3.17. The van der Waals surface area contributed by atoms with E-state index in [4.69, 9.17) is 10.9 Å². The molecule has 2 aromatic carbocycles. The van der Waals surface area contributed by atoms with E-state index in [2.05, 4.69) is 10.3 Å². The lowest BCUT2D eigenvalue weighted by atomic mass is 10.0. The molecule has 5 N–H and O–H groups in total. The van der Waals surface area contributed by atoms with Gasteiger partial charge in [-0.3, -0.25) is 4.79 Å². The summed E-state index contributed by atoms with van der Waals surface area (Å²) in [4.78, 5) is 16.0. The molecular formula is C18H12F6N4O3S2. The molecule has 0 radical (unpaired) electrons. The molecule has 0 fully saturated rings. The van der Waals surface area contributed by atoms with Crippen LogP contribution in [0.1, 0.15) is 26.4 Å². The molecule has 3 rings (SSSR count). The third kappa shape index (κ3) is 5.61. The number of rotatable bonds is 5. The Labute approximate surface area is 186 Å². The number of ketones is 1. The van der Waals surface area contributed by atoms with Crippen LogP contribution in [0.3, 0.4) is 0 Å². The van der Waals surface area contributed by atoms with Crippen molar-refractivity contribution in [3.8, 4) is 0 Å². The molecule has 3 aromatic rings. The van der Waals surface area contributed by atoms with Gasteiger partial charge in [-0.1, -0.05) is 11.3 Å². The fourth-order valence-electron chi connectivity index (χ4n) is 2.62. The lowest BCUT2D eigenvalue weighted by Crippen LogP contribution is -2.14. The molecule has 15 heteroatoms. The third-order valence-corrected chi connectivity index (χ3v) is 6.06. The van der Waals surface area contributed by atoms with Crippen LogP contribution in [0.2, 0.25) is 0 Å². The Kier molecular flexibility index (Phi) is 6.16. The van der Waals surface area contributed by atoms with Crippen LogP contribution >= 0.6 is 11.3 Å². The van der Waals surface area contributed by atoms with Crippen LogP contribution in [0.4, 0.5) is 43.0 Å². The van der Waals surface area contributed by atoms with Gasteiger partial charge >= 0.3 is 12.4 Å². The first kappa shape index (κ1) is 24.5. The van der Waals surface area contributed by atoms with Crippen molar-refractivity contribution in [3.63, 3.8) is 0 Å². The third-order valence-electron chi connectivity index (χ3n) is 4.14. The van der Waals surface area contributed by atoms with E-state index in [-0.39, 0.29) is 21.0 Å². The summed E-state index contributed by atoms with van der Waals surface area (Å²) in [6, 6.07) is 5.52. The van der Waals surface area contributed by atoms with Gasteiger partial charge in [0.05, 0.1) is 16.0 Å². The number of primary sulfonamides is 1. The van der Waals surface area contributed by atoms with E-state index in [9.17, 15) is 39.6 Å². The van der Waals surface area contributed by atoms with E-state index in [1.807, 2.05) is 0 Å². The topological polar surface area (TPSA) is 128 Å². The summed E-state index contributed by atoms with van der Waals surface area (Å²) < 4.78 is 101. The molecule has 0 amide bonds. The average Bonchev–Trinajstić information content (AvgIpc) is 3.05. The normalized spacial score (nSPS) is 12.6. The van der Waals surface area contributed by atoms with Gasteiger partial charge in [-0.2, -0.15) is 26.3 Å². The zero-order valence-corrected chi connectivity index (χ0v) is 17.6. The van der Waals surface area contributed by atoms with Gasteiger partial charge in [0.15, 0.2) is 5.13 Å². The molecule has 7 nitrogen and oxygen atoms in total. The second-order valence-corrected chi connectivity index (χ2v) is 9.11. The molecule has 0 bridgehead atoms. The highest BCUT2D eigenvalue weighted by molar-refractivity contribution is 7.89. The van der Waals surface area contributed by atoms with Crippen LogP contribution in [-0.4, -0.2) is 19.2 Å². The molecule has 176 valence electrons. The fourth-order valence-corrected chi connectivity index (χ4v) is 4.00. The van der Waals surface area contributed by atoms with Crippen LogP contribution in [0.15, 0.2) is 47.4 Å². The molecular weight excluding hydrogens is 498 g/mol. The van der Waals surface area contributed by atoms with Crippen molar-refractivity contribution in [2.24, 2.45) is 5.14 Å². The van der Waals surface area contributed by atoms with Crippen LogP contribution in [-0.2, 0) is 22.4 Å². The van der Waals surface area contributed by atoms with Crippen LogP contribution in [0.5, 0.6) is 0 Å². The number of benzene rings is 2. The monoisotopic (exact) mass is 510 g/mol. The zero-order chi connectivity index (χ0) is 24.8. The first-order valence-electron chi connectivity index (χ1n) is 8.56. The Bertz CT molecular complexity index is 1280. The molecule has 0 spiro atoms. The number of nitrogens with two attached hydrogens (primary N) is 2. The average molecular weight is 510 g/mol. The van der Waals surface area contributed by atoms with Crippen molar-refractivity contribution in [1.82, 2.24) is 4.98 Å². The number of alkyl halides is 6. The van der Waals surface area contributed by atoms with Gasteiger partial charge in [0.25, 0.3) is 0 Å². The zero-order valence-electron chi connectivity index (χ0n) is 16.0. The van der Waals surface area contributed by atoms with Crippen molar-refractivity contribution in [3.05, 3.63) is 64.0 Å². The van der Waals surface area contributed by atoms with E-state index in [0.29, 0.717) is 29.2 Å². The van der Waals surface area contributed by atoms with Gasteiger partial charge in [0, 0.05) is 11.3 Å². The summed E-state index contributed by atoms with van der Waals surface area (Å²) in [5.41, 5.74) is 1.81. The number of aromatic nitrogens is 1. The number of thiazole rings is 1. The minimum Gasteiger partial charge on any atom is -0.382 e. The molecule has 1 heterocycles. The number of nitrogens with one attached hydrogen (secondary N) is 1. The minimum atomic E-state index is -5.12. The molecule has 33 heavy (non-hydrogen) atoms. The molecule has 0 aliphatic rings. The Morgan fingerprint density at radius 3 is 1.91 bits per heavy atom. The predicted molar refractivity (Wildman–Crippen MR) is 108 cm³/mol. The summed E-state index contributed by atoms with van der Waals surface area (Å²) in [6.45, 7) is 0.